The molecule has 0 aliphatic rings. The van der Waals surface area contributed by atoms with Gasteiger partial charge >= 0.3 is 35.6 Å². The molecule has 0 radical (unpaired) electrons. The van der Waals surface area contributed by atoms with Crippen LogP contribution in [-0.2, 0) is 38.4 Å². The van der Waals surface area contributed by atoms with Gasteiger partial charge in [-0.15, -0.1) is 0 Å². The predicted octanol–water partition coefficient (Wildman–Crippen LogP) is -4.34. The van der Waals surface area contributed by atoms with Crippen LogP contribution in [0.1, 0.15) is 0 Å². The second kappa shape index (κ2) is 7.80. The summed E-state index contributed by atoms with van der Waals surface area (Å²) in [5.74, 6) is -8.06. The van der Waals surface area contributed by atoms with Gasteiger partial charge in [0.05, 0.1) is 0 Å². The Hall–Kier alpha value is -3.44. The number of carbonyl (C=O) groups is 6. The largest absolute Gasteiger partial charge is 0.361 e. The summed E-state index contributed by atoms with van der Waals surface area (Å²) in [5.41, 5.74) is 11.8. The molecule has 0 rings (SSSR count). The van der Waals surface area contributed by atoms with E-state index >= 15 is 0 Å². The highest BCUT2D eigenvalue weighted by Crippen LogP contribution is 1.82. The van der Waals surface area contributed by atoms with Crippen LogP contribution >= 0.6 is 0 Å². The number of hydroxylamine groups is 2. The average Bonchev–Trinajstić information content (AvgIpc) is 2.39. The fraction of sp³-hybridized carbons (Fsp3) is 0. The van der Waals surface area contributed by atoms with Crippen molar-refractivity contribution in [2.24, 2.45) is 11.5 Å². The maximum atomic E-state index is 10.9. The topological polar surface area (TPSA) is 197 Å². The molecule has 0 saturated heterocycles. The molecule has 0 aliphatic carbocycles. The Morgan fingerprint density at radius 1 is 0.700 bits per heavy atom. The van der Waals surface area contributed by atoms with Gasteiger partial charge in [0.2, 0.25) is 0 Å². The highest BCUT2D eigenvalue weighted by Gasteiger charge is 2.12. The fourth-order valence-corrected chi connectivity index (χ4v) is 0.498. The lowest BCUT2D eigenvalue weighted by atomic mass is 10.5. The maximum Gasteiger partial charge on any atom is 0.356 e. The van der Waals surface area contributed by atoms with Gasteiger partial charge in [0, 0.05) is 12.2 Å². The number of hydrogen-bond donors (Lipinski definition) is 4. The van der Waals surface area contributed by atoms with Crippen molar-refractivity contribution < 1.29 is 38.4 Å². The monoisotopic (exact) mass is 288 g/mol. The minimum Gasteiger partial charge on any atom is -0.361 e. The molecule has 20 heavy (non-hydrogen) atoms. The second-order valence-electron chi connectivity index (χ2n) is 2.77. The number of hydrogen-bond acceptors (Lipinski definition) is 8. The van der Waals surface area contributed by atoms with Crippen molar-refractivity contribution in [3.05, 3.63) is 12.2 Å². The Morgan fingerprint density at radius 2 is 1.00 bits per heavy atom. The molecule has 0 heterocycles. The Bertz CT molecular complexity index is 453. The number of amides is 4. The third-order valence-electron chi connectivity index (χ3n) is 1.29. The van der Waals surface area contributed by atoms with Crippen molar-refractivity contribution in [3.63, 3.8) is 0 Å². The van der Waals surface area contributed by atoms with Crippen LogP contribution in [-0.4, -0.2) is 35.6 Å². The normalized spacial score (nSPS) is 9.40. The maximum absolute atomic E-state index is 10.9. The zero-order valence-electron chi connectivity index (χ0n) is 9.58. The molecular formula is C8H8N4O8. The first-order valence-electron chi connectivity index (χ1n) is 4.53. The van der Waals surface area contributed by atoms with Crippen molar-refractivity contribution in [2.75, 3.05) is 0 Å². The summed E-state index contributed by atoms with van der Waals surface area (Å²) < 4.78 is 0. The molecule has 0 saturated carbocycles. The van der Waals surface area contributed by atoms with Crippen LogP contribution in [0, 0.1) is 0 Å². The summed E-state index contributed by atoms with van der Waals surface area (Å²) in [5, 5.41) is 0. The van der Waals surface area contributed by atoms with Gasteiger partial charge in [-0.2, -0.15) is 11.0 Å². The smallest absolute Gasteiger partial charge is 0.356 e. The first-order valence-corrected chi connectivity index (χ1v) is 4.53. The molecule has 12 nitrogen and oxygen atoms in total. The molecule has 108 valence electrons. The molecule has 0 unspecified atom stereocenters. The van der Waals surface area contributed by atoms with Crippen LogP contribution in [0.2, 0.25) is 0 Å². The van der Waals surface area contributed by atoms with Crippen molar-refractivity contribution in [2.45, 2.75) is 0 Å². The van der Waals surface area contributed by atoms with E-state index in [1.807, 2.05) is 0 Å². The molecule has 6 N–H and O–H groups in total. The Balaban J connectivity index is 4.09. The van der Waals surface area contributed by atoms with E-state index < -0.39 is 35.6 Å². The lowest BCUT2D eigenvalue weighted by molar-refractivity contribution is -0.157. The highest BCUT2D eigenvalue weighted by molar-refractivity contribution is 6.34. The first kappa shape index (κ1) is 16.6. The Morgan fingerprint density at radius 3 is 1.25 bits per heavy atom. The van der Waals surface area contributed by atoms with Gasteiger partial charge in [-0.05, 0) is 0 Å². The van der Waals surface area contributed by atoms with E-state index in [4.69, 9.17) is 0 Å². The fourth-order valence-electron chi connectivity index (χ4n) is 0.498. The van der Waals surface area contributed by atoms with Gasteiger partial charge in [-0.3, -0.25) is 19.2 Å². The number of nitrogens with two attached hydrogens (primary N) is 2. The second-order valence-corrected chi connectivity index (χ2v) is 2.77. The lowest BCUT2D eigenvalue weighted by Crippen LogP contribution is -2.37. The molecule has 0 fully saturated rings. The van der Waals surface area contributed by atoms with E-state index in [0.29, 0.717) is 12.2 Å². The molecule has 4 amide bonds. The molecule has 0 aromatic rings. The van der Waals surface area contributed by atoms with E-state index in [2.05, 4.69) is 21.1 Å². The molecule has 0 bridgehead atoms. The van der Waals surface area contributed by atoms with Crippen LogP contribution in [0.3, 0.4) is 0 Å². The molecule has 0 aromatic carbocycles. The number of primary amides is 2. The van der Waals surface area contributed by atoms with Crippen molar-refractivity contribution in [3.8, 4) is 0 Å². The predicted molar refractivity (Wildman–Crippen MR) is 56.0 cm³/mol. The van der Waals surface area contributed by atoms with Crippen LogP contribution in [0.25, 0.3) is 0 Å². The van der Waals surface area contributed by atoms with Gasteiger partial charge in [0.1, 0.15) is 0 Å². The minimum atomic E-state index is -1.39. The molecule has 0 aliphatic heterocycles. The van der Waals surface area contributed by atoms with Crippen LogP contribution in [0.4, 0.5) is 0 Å². The molecular weight excluding hydrogens is 280 g/mol. The van der Waals surface area contributed by atoms with E-state index in [1.165, 1.54) is 11.0 Å². The van der Waals surface area contributed by atoms with Gasteiger partial charge in [0.25, 0.3) is 0 Å². The summed E-state index contributed by atoms with van der Waals surface area (Å²) >= 11 is 0. The summed E-state index contributed by atoms with van der Waals surface area (Å²) in [6.07, 6.45) is 0.972. The van der Waals surface area contributed by atoms with E-state index in [0.717, 1.165) is 0 Å². The van der Waals surface area contributed by atoms with Crippen LogP contribution < -0.4 is 22.4 Å². The molecule has 0 spiro atoms. The van der Waals surface area contributed by atoms with Crippen LogP contribution in [0.15, 0.2) is 12.2 Å². The summed E-state index contributed by atoms with van der Waals surface area (Å²) in [4.78, 5) is 71.3. The standard InChI is InChI=1S/C8H8N4O8/c9-5(15)7(17)11-19-3(13)1-2-4(14)20-12-8(18)6(10)16/h1-2H,(H2,9,15)(H2,10,16)(H,11,17)(H,12,18). The highest BCUT2D eigenvalue weighted by atomic mass is 16.7. The average molecular weight is 288 g/mol. The SMILES string of the molecule is NC(=O)C(=O)NOC(=O)C=CC(=O)ONC(=O)C(N)=O. The Kier molecular flexibility index (Phi) is 6.46. The number of carbonyl (C=O) groups excluding carboxylic acids is 6. The van der Waals surface area contributed by atoms with Gasteiger partial charge < -0.3 is 21.1 Å². The summed E-state index contributed by atoms with van der Waals surface area (Å²) in [6, 6.07) is 0. The van der Waals surface area contributed by atoms with E-state index in [9.17, 15) is 28.8 Å². The van der Waals surface area contributed by atoms with Gasteiger partial charge in [-0.25, -0.2) is 9.59 Å². The summed E-state index contributed by atoms with van der Waals surface area (Å²) in [6.45, 7) is 0. The zero-order valence-corrected chi connectivity index (χ0v) is 9.58. The van der Waals surface area contributed by atoms with Crippen molar-refractivity contribution >= 4 is 35.6 Å². The summed E-state index contributed by atoms with van der Waals surface area (Å²) in [7, 11) is 0. The Labute approximate surface area is 109 Å². The number of nitrogens with one attached hydrogen (secondary N) is 2. The third kappa shape index (κ3) is 7.00. The van der Waals surface area contributed by atoms with E-state index in [-0.39, 0.29) is 0 Å². The molecule has 0 atom stereocenters. The van der Waals surface area contributed by atoms with Crippen molar-refractivity contribution in [1.29, 1.82) is 0 Å². The minimum absolute atomic E-state index is 0.486. The quantitative estimate of drug-likeness (QED) is 0.222. The lowest BCUT2D eigenvalue weighted by Gasteiger charge is -2.00. The van der Waals surface area contributed by atoms with Crippen molar-refractivity contribution in [1.82, 2.24) is 11.0 Å². The third-order valence-corrected chi connectivity index (χ3v) is 1.29. The zero-order chi connectivity index (χ0) is 15.7. The first-order chi connectivity index (χ1) is 9.23. The van der Waals surface area contributed by atoms with Crippen LogP contribution in [0.5, 0.6) is 0 Å². The van der Waals surface area contributed by atoms with E-state index in [1.54, 1.807) is 0 Å². The van der Waals surface area contributed by atoms with Gasteiger partial charge in [0.15, 0.2) is 0 Å². The number of rotatable bonds is 2. The van der Waals surface area contributed by atoms with Gasteiger partial charge in [-0.1, -0.05) is 0 Å². The molecule has 0 aromatic heterocycles. The molecule has 12 heteroatoms.